The van der Waals surface area contributed by atoms with Gasteiger partial charge in [0.1, 0.15) is 12.1 Å². The molecule has 100 valence electrons. The van der Waals surface area contributed by atoms with Crippen LogP contribution in [0.3, 0.4) is 0 Å². The predicted molar refractivity (Wildman–Crippen MR) is 69.6 cm³/mol. The summed E-state index contributed by atoms with van der Waals surface area (Å²) in [6.07, 6.45) is 6.50. The van der Waals surface area contributed by atoms with Crippen LogP contribution in [0.15, 0.2) is 0 Å². The average Bonchev–Trinajstić information content (AvgIpc) is 2.28. The van der Waals surface area contributed by atoms with E-state index >= 15 is 0 Å². The zero-order chi connectivity index (χ0) is 12.8. The first-order valence-corrected chi connectivity index (χ1v) is 6.99. The number of rotatable bonds is 5. The molecule has 2 unspecified atom stereocenters. The van der Waals surface area contributed by atoms with Crippen molar-refractivity contribution < 1.29 is 9.53 Å². The molecule has 0 bridgehead atoms. The molecule has 0 heterocycles. The molecule has 0 aliphatic heterocycles. The lowest BCUT2D eigenvalue weighted by Gasteiger charge is -2.29. The highest BCUT2D eigenvalue weighted by Gasteiger charge is 2.26. The van der Waals surface area contributed by atoms with Gasteiger partial charge in [-0.2, -0.15) is 0 Å². The highest BCUT2D eigenvalue weighted by Crippen LogP contribution is 2.28. The number of ether oxygens (including phenoxy) is 1. The van der Waals surface area contributed by atoms with Crippen molar-refractivity contribution in [3.8, 4) is 0 Å². The predicted octanol–water partition coefficient (Wildman–Crippen LogP) is 2.87. The average molecular weight is 241 g/mol. The van der Waals surface area contributed by atoms with E-state index in [1.54, 1.807) is 0 Å². The van der Waals surface area contributed by atoms with Gasteiger partial charge in [0.15, 0.2) is 0 Å². The third-order valence-electron chi connectivity index (χ3n) is 3.62. The van der Waals surface area contributed by atoms with Crippen LogP contribution in [0.2, 0.25) is 0 Å². The van der Waals surface area contributed by atoms with Crippen LogP contribution in [0, 0.1) is 11.8 Å². The maximum absolute atomic E-state index is 11.8. The standard InChI is InChI=1S/C14H27NO2/c1-4-11-6-5-7-12(9-11)17-14(16)13(15)8-10(2)3/h10-13H,4-9,15H2,1-3H3/t11?,12?,13-/m1/s1. The Balaban J connectivity index is 2.34. The van der Waals surface area contributed by atoms with Crippen molar-refractivity contribution in [2.24, 2.45) is 17.6 Å². The first-order valence-electron chi connectivity index (χ1n) is 6.99. The van der Waals surface area contributed by atoms with Gasteiger partial charge in [0.2, 0.25) is 0 Å². The molecule has 0 amide bonds. The lowest BCUT2D eigenvalue weighted by atomic mass is 9.85. The lowest BCUT2D eigenvalue weighted by molar-refractivity contribution is -0.153. The number of hydrogen-bond donors (Lipinski definition) is 1. The lowest BCUT2D eigenvalue weighted by Crippen LogP contribution is -2.37. The zero-order valence-electron chi connectivity index (χ0n) is 11.4. The van der Waals surface area contributed by atoms with E-state index in [2.05, 4.69) is 20.8 Å². The molecule has 1 fully saturated rings. The Bertz CT molecular complexity index is 240. The molecule has 0 aromatic rings. The molecule has 1 aliphatic rings. The van der Waals surface area contributed by atoms with Crippen LogP contribution in [0.1, 0.15) is 59.3 Å². The van der Waals surface area contributed by atoms with Crippen LogP contribution in [0.5, 0.6) is 0 Å². The summed E-state index contributed by atoms with van der Waals surface area (Å²) in [7, 11) is 0. The summed E-state index contributed by atoms with van der Waals surface area (Å²) in [6.45, 7) is 6.35. The minimum Gasteiger partial charge on any atom is -0.461 e. The van der Waals surface area contributed by atoms with Crippen LogP contribution >= 0.6 is 0 Å². The van der Waals surface area contributed by atoms with Crippen LogP contribution < -0.4 is 5.73 Å². The van der Waals surface area contributed by atoms with Crippen LogP contribution in [0.4, 0.5) is 0 Å². The minimum atomic E-state index is -0.447. The number of carbonyl (C=O) groups excluding carboxylic acids is 1. The number of nitrogens with two attached hydrogens (primary N) is 1. The fourth-order valence-electron chi connectivity index (χ4n) is 2.58. The number of carbonyl (C=O) groups is 1. The van der Waals surface area contributed by atoms with Gasteiger partial charge in [-0.3, -0.25) is 4.79 Å². The van der Waals surface area contributed by atoms with E-state index in [4.69, 9.17) is 10.5 Å². The molecule has 2 N–H and O–H groups in total. The molecule has 3 nitrogen and oxygen atoms in total. The molecule has 0 spiro atoms. The molecular formula is C14H27NO2. The summed E-state index contributed by atoms with van der Waals surface area (Å²) in [5.41, 5.74) is 5.83. The van der Waals surface area contributed by atoms with Gasteiger partial charge in [0.25, 0.3) is 0 Å². The highest BCUT2D eigenvalue weighted by atomic mass is 16.5. The highest BCUT2D eigenvalue weighted by molar-refractivity contribution is 5.75. The Morgan fingerprint density at radius 3 is 2.71 bits per heavy atom. The van der Waals surface area contributed by atoms with E-state index in [0.29, 0.717) is 12.3 Å². The molecule has 3 atom stereocenters. The van der Waals surface area contributed by atoms with E-state index in [1.165, 1.54) is 19.3 Å². The summed E-state index contributed by atoms with van der Waals surface area (Å²) in [5, 5.41) is 0. The molecular weight excluding hydrogens is 214 g/mol. The molecule has 3 heteroatoms. The van der Waals surface area contributed by atoms with Crippen molar-refractivity contribution in [3.63, 3.8) is 0 Å². The Labute approximate surface area is 105 Å². The van der Waals surface area contributed by atoms with Crippen molar-refractivity contribution >= 4 is 5.97 Å². The van der Waals surface area contributed by atoms with Crippen molar-refractivity contribution in [1.29, 1.82) is 0 Å². The molecule has 0 aromatic carbocycles. The Kier molecular flexibility index (Phi) is 5.96. The van der Waals surface area contributed by atoms with Gasteiger partial charge in [0, 0.05) is 0 Å². The molecule has 1 rings (SSSR count). The minimum absolute atomic E-state index is 0.111. The second-order valence-electron chi connectivity index (χ2n) is 5.74. The van der Waals surface area contributed by atoms with Gasteiger partial charge < -0.3 is 10.5 Å². The van der Waals surface area contributed by atoms with Crippen molar-refractivity contribution in [2.45, 2.75) is 71.4 Å². The second kappa shape index (κ2) is 7.00. The smallest absolute Gasteiger partial charge is 0.323 e. The summed E-state index contributed by atoms with van der Waals surface area (Å²) in [4.78, 5) is 11.8. The van der Waals surface area contributed by atoms with Gasteiger partial charge in [-0.05, 0) is 37.5 Å². The molecule has 1 saturated carbocycles. The fraction of sp³-hybridized carbons (Fsp3) is 0.929. The van der Waals surface area contributed by atoms with Crippen LogP contribution in [-0.4, -0.2) is 18.1 Å². The van der Waals surface area contributed by atoms with Crippen molar-refractivity contribution in [2.75, 3.05) is 0 Å². The zero-order valence-corrected chi connectivity index (χ0v) is 11.4. The topological polar surface area (TPSA) is 52.3 Å². The number of esters is 1. The largest absolute Gasteiger partial charge is 0.461 e. The van der Waals surface area contributed by atoms with Gasteiger partial charge in [0.05, 0.1) is 0 Å². The van der Waals surface area contributed by atoms with Crippen LogP contribution in [0.25, 0.3) is 0 Å². The Hall–Kier alpha value is -0.570. The monoisotopic (exact) mass is 241 g/mol. The van der Waals surface area contributed by atoms with E-state index in [0.717, 1.165) is 18.8 Å². The maximum Gasteiger partial charge on any atom is 0.323 e. The summed E-state index contributed by atoms with van der Waals surface area (Å²) >= 11 is 0. The Morgan fingerprint density at radius 1 is 1.41 bits per heavy atom. The number of hydrogen-bond acceptors (Lipinski definition) is 3. The fourth-order valence-corrected chi connectivity index (χ4v) is 2.58. The van der Waals surface area contributed by atoms with E-state index in [1.807, 2.05) is 0 Å². The van der Waals surface area contributed by atoms with Crippen molar-refractivity contribution in [1.82, 2.24) is 0 Å². The summed E-state index contributed by atoms with van der Waals surface area (Å²) < 4.78 is 5.52. The van der Waals surface area contributed by atoms with E-state index in [-0.39, 0.29) is 12.1 Å². The Morgan fingerprint density at radius 2 is 2.12 bits per heavy atom. The third kappa shape index (κ3) is 5.07. The quantitative estimate of drug-likeness (QED) is 0.753. The van der Waals surface area contributed by atoms with Crippen LogP contribution in [-0.2, 0) is 9.53 Å². The van der Waals surface area contributed by atoms with Crippen molar-refractivity contribution in [3.05, 3.63) is 0 Å². The molecule has 0 aromatic heterocycles. The first kappa shape index (κ1) is 14.5. The third-order valence-corrected chi connectivity index (χ3v) is 3.62. The molecule has 1 aliphatic carbocycles. The first-order chi connectivity index (χ1) is 8.02. The SMILES string of the molecule is CCC1CCCC(OC(=O)[C@H](N)CC(C)C)C1. The molecule has 0 radical (unpaired) electrons. The summed E-state index contributed by atoms with van der Waals surface area (Å²) in [6, 6.07) is -0.447. The van der Waals surface area contributed by atoms with Gasteiger partial charge in [-0.25, -0.2) is 0 Å². The van der Waals surface area contributed by atoms with Gasteiger partial charge in [-0.1, -0.05) is 33.6 Å². The normalized spacial score (nSPS) is 26.9. The van der Waals surface area contributed by atoms with E-state index < -0.39 is 6.04 Å². The molecule has 17 heavy (non-hydrogen) atoms. The van der Waals surface area contributed by atoms with E-state index in [9.17, 15) is 4.79 Å². The molecule has 0 saturated heterocycles. The second-order valence-corrected chi connectivity index (χ2v) is 5.74. The summed E-state index contributed by atoms with van der Waals surface area (Å²) in [5.74, 6) is 0.954. The van der Waals surface area contributed by atoms with Gasteiger partial charge >= 0.3 is 5.97 Å². The maximum atomic E-state index is 11.8. The van der Waals surface area contributed by atoms with Gasteiger partial charge in [-0.15, -0.1) is 0 Å².